The van der Waals surface area contributed by atoms with Crippen molar-refractivity contribution in [2.24, 2.45) is 0 Å². The van der Waals surface area contributed by atoms with Crippen molar-refractivity contribution >= 4 is 17.8 Å². The van der Waals surface area contributed by atoms with Crippen LogP contribution in [0.1, 0.15) is 61.3 Å². The number of aromatic nitrogens is 4. The van der Waals surface area contributed by atoms with E-state index in [-0.39, 0.29) is 11.6 Å². The van der Waals surface area contributed by atoms with Crippen LogP contribution in [0.3, 0.4) is 0 Å². The highest BCUT2D eigenvalue weighted by Crippen LogP contribution is 2.21. The predicted molar refractivity (Wildman–Crippen MR) is 144 cm³/mol. The van der Waals surface area contributed by atoms with E-state index in [0.29, 0.717) is 42.5 Å². The monoisotopic (exact) mass is 508 g/mol. The normalized spacial score (nSPS) is 10.8. The molecule has 3 aromatic rings. The number of rotatable bonds is 14. The number of thioether (sulfide) groups is 1. The van der Waals surface area contributed by atoms with E-state index < -0.39 is 0 Å². The van der Waals surface area contributed by atoms with E-state index in [1.807, 2.05) is 10.8 Å². The number of carbonyl (C=O) groups is 1. The first kappa shape index (κ1) is 27.4. The molecule has 2 amide bonds. The number of amides is 2. The largest absolute Gasteiger partial charge is 0.338 e. The maximum Gasteiger partial charge on any atom is 0.314 e. The van der Waals surface area contributed by atoms with Crippen LogP contribution < -0.4 is 16.2 Å². The lowest BCUT2D eigenvalue weighted by Gasteiger charge is -2.15. The number of aryl methyl sites for hydroxylation is 1. The Hall–Kier alpha value is -3.20. The Balaban J connectivity index is 1.62. The van der Waals surface area contributed by atoms with E-state index in [9.17, 15) is 9.59 Å². The number of carbonyl (C=O) groups excluding carboxylic acids is 1. The molecule has 192 valence electrons. The number of unbranched alkanes of at least 4 members (excludes halogenated alkanes) is 4. The van der Waals surface area contributed by atoms with Gasteiger partial charge in [-0.05, 0) is 24.5 Å². The minimum absolute atomic E-state index is 0.171. The number of urea groups is 1. The summed E-state index contributed by atoms with van der Waals surface area (Å²) in [5, 5.41) is 6.47. The van der Waals surface area contributed by atoms with Crippen molar-refractivity contribution < 1.29 is 4.79 Å². The Morgan fingerprint density at radius 2 is 1.69 bits per heavy atom. The summed E-state index contributed by atoms with van der Waals surface area (Å²) in [5.74, 6) is 0.699. The fraction of sp³-hybridized carbons (Fsp3) is 0.444. The number of hydrogen-bond acceptors (Lipinski definition) is 6. The number of nitrogens with zero attached hydrogens (tertiary/aromatic N) is 4. The third-order valence-corrected chi connectivity index (χ3v) is 6.79. The van der Waals surface area contributed by atoms with Gasteiger partial charge < -0.3 is 15.2 Å². The van der Waals surface area contributed by atoms with Gasteiger partial charge in [-0.25, -0.2) is 14.8 Å². The van der Waals surface area contributed by atoms with Crippen LogP contribution in [0.25, 0.3) is 0 Å². The van der Waals surface area contributed by atoms with E-state index >= 15 is 0 Å². The minimum atomic E-state index is -0.254. The molecule has 0 aliphatic carbocycles. The minimum Gasteiger partial charge on any atom is -0.338 e. The van der Waals surface area contributed by atoms with Gasteiger partial charge in [0.1, 0.15) is 6.33 Å². The molecule has 0 saturated heterocycles. The Kier molecular flexibility index (Phi) is 11.4. The molecule has 0 bridgehead atoms. The summed E-state index contributed by atoms with van der Waals surface area (Å²) < 4.78 is 1.95. The van der Waals surface area contributed by atoms with Crippen LogP contribution in [-0.2, 0) is 18.7 Å². The van der Waals surface area contributed by atoms with Gasteiger partial charge in [0.25, 0.3) is 5.56 Å². The van der Waals surface area contributed by atoms with Crippen LogP contribution >= 0.6 is 11.8 Å². The maximum absolute atomic E-state index is 12.8. The lowest BCUT2D eigenvalue weighted by molar-refractivity contribution is 0.240. The van der Waals surface area contributed by atoms with Gasteiger partial charge >= 0.3 is 6.03 Å². The lowest BCUT2D eigenvalue weighted by atomic mass is 10.1. The Bertz CT molecular complexity index is 1140. The Labute approximate surface area is 217 Å². The molecule has 0 unspecified atom stereocenters. The number of benzene rings is 1. The fourth-order valence-corrected chi connectivity index (χ4v) is 4.62. The molecule has 2 heterocycles. The average molecular weight is 509 g/mol. The molecule has 2 aromatic heterocycles. The molecule has 1 aromatic carbocycles. The third kappa shape index (κ3) is 9.45. The molecule has 0 fully saturated rings. The quantitative estimate of drug-likeness (QED) is 0.189. The molecule has 2 N–H and O–H groups in total. The van der Waals surface area contributed by atoms with E-state index in [1.54, 1.807) is 12.4 Å². The summed E-state index contributed by atoms with van der Waals surface area (Å²) in [4.78, 5) is 37.4. The second-order valence-electron chi connectivity index (χ2n) is 8.84. The molecule has 8 nitrogen and oxygen atoms in total. The summed E-state index contributed by atoms with van der Waals surface area (Å²) in [5.41, 5.74) is 3.53. The topological polar surface area (TPSA) is 102 Å². The van der Waals surface area contributed by atoms with Crippen molar-refractivity contribution in [1.29, 1.82) is 0 Å². The first-order valence-electron chi connectivity index (χ1n) is 12.6. The average Bonchev–Trinajstić information content (AvgIpc) is 2.88. The first-order chi connectivity index (χ1) is 17.5. The standard InChI is InChI=1S/C27H36N6O2S/c1-3-4-5-6-7-12-30-26(35)31-13-14-33-18-24(15-23-16-28-20-29-17-23)25(34)32-27(33)36-19-22-10-8-21(2)9-11-22/h8-11,16-18,20H,3-7,12-15,19H2,1-2H3,(H2,30,31,35). The summed E-state index contributed by atoms with van der Waals surface area (Å²) in [7, 11) is 0. The highest BCUT2D eigenvalue weighted by molar-refractivity contribution is 7.98. The molecular formula is C27H36N6O2S. The second-order valence-corrected chi connectivity index (χ2v) is 9.78. The van der Waals surface area contributed by atoms with E-state index in [4.69, 9.17) is 0 Å². The molecule has 36 heavy (non-hydrogen) atoms. The van der Waals surface area contributed by atoms with Gasteiger partial charge in [-0.3, -0.25) is 4.79 Å². The van der Waals surface area contributed by atoms with Crippen molar-refractivity contribution in [2.75, 3.05) is 13.1 Å². The van der Waals surface area contributed by atoms with Crippen LogP contribution in [0.4, 0.5) is 4.79 Å². The number of hydrogen-bond donors (Lipinski definition) is 2. The molecule has 0 aliphatic heterocycles. The second kappa shape index (κ2) is 15.0. The Morgan fingerprint density at radius 3 is 2.44 bits per heavy atom. The summed E-state index contributed by atoms with van der Waals surface area (Å²) in [6, 6.07) is 8.16. The first-order valence-corrected chi connectivity index (χ1v) is 13.6. The van der Waals surface area contributed by atoms with Crippen molar-refractivity contribution in [3.63, 3.8) is 0 Å². The van der Waals surface area contributed by atoms with Crippen LogP contribution in [-0.4, -0.2) is 38.6 Å². The van der Waals surface area contributed by atoms with Crippen LogP contribution in [0.2, 0.25) is 0 Å². The van der Waals surface area contributed by atoms with Crippen molar-refractivity contribution in [2.45, 2.75) is 69.8 Å². The van der Waals surface area contributed by atoms with Gasteiger partial charge in [-0.1, -0.05) is 74.2 Å². The fourth-order valence-electron chi connectivity index (χ4n) is 3.67. The lowest BCUT2D eigenvalue weighted by Crippen LogP contribution is -2.38. The van der Waals surface area contributed by atoms with Gasteiger partial charge in [0.15, 0.2) is 5.16 Å². The van der Waals surface area contributed by atoms with Crippen molar-refractivity contribution in [3.05, 3.63) is 81.8 Å². The van der Waals surface area contributed by atoms with Gasteiger partial charge in [0.2, 0.25) is 0 Å². The molecule has 0 aliphatic rings. The Morgan fingerprint density at radius 1 is 0.972 bits per heavy atom. The van der Waals surface area contributed by atoms with E-state index in [2.05, 4.69) is 63.7 Å². The zero-order valence-corrected chi connectivity index (χ0v) is 22.0. The maximum atomic E-state index is 12.8. The summed E-state index contributed by atoms with van der Waals surface area (Å²) in [6.07, 6.45) is 12.9. The summed E-state index contributed by atoms with van der Waals surface area (Å²) in [6.45, 7) is 5.86. The molecule has 0 radical (unpaired) electrons. The molecule has 3 rings (SSSR count). The molecule has 0 atom stereocenters. The van der Waals surface area contributed by atoms with Crippen LogP contribution in [0.15, 0.2) is 59.1 Å². The predicted octanol–water partition coefficient (Wildman–Crippen LogP) is 4.49. The van der Waals surface area contributed by atoms with Crippen molar-refractivity contribution in [3.8, 4) is 0 Å². The van der Waals surface area contributed by atoms with Crippen LogP contribution in [0, 0.1) is 6.92 Å². The zero-order chi connectivity index (χ0) is 25.6. The third-order valence-electron chi connectivity index (χ3n) is 5.73. The van der Waals surface area contributed by atoms with Gasteiger partial charge in [0, 0.05) is 56.0 Å². The molecule has 0 saturated carbocycles. The molecular weight excluding hydrogens is 472 g/mol. The zero-order valence-electron chi connectivity index (χ0n) is 21.2. The van der Waals surface area contributed by atoms with Crippen LogP contribution in [0.5, 0.6) is 0 Å². The van der Waals surface area contributed by atoms with Gasteiger partial charge in [-0.15, -0.1) is 0 Å². The van der Waals surface area contributed by atoms with E-state index in [0.717, 1.165) is 24.0 Å². The van der Waals surface area contributed by atoms with Crippen molar-refractivity contribution in [1.82, 2.24) is 30.2 Å². The molecule has 0 spiro atoms. The van der Waals surface area contributed by atoms with Gasteiger partial charge in [-0.2, -0.15) is 4.98 Å². The summed E-state index contributed by atoms with van der Waals surface area (Å²) >= 11 is 1.52. The smallest absolute Gasteiger partial charge is 0.314 e. The SMILES string of the molecule is CCCCCCCNC(=O)NCCn1cc(Cc2cncnc2)c(=O)nc1SCc1ccc(C)cc1. The number of nitrogens with one attached hydrogen (secondary N) is 2. The van der Waals surface area contributed by atoms with E-state index in [1.165, 1.54) is 42.9 Å². The highest BCUT2D eigenvalue weighted by atomic mass is 32.2. The molecule has 9 heteroatoms. The highest BCUT2D eigenvalue weighted by Gasteiger charge is 2.11. The van der Waals surface area contributed by atoms with Gasteiger partial charge in [0.05, 0.1) is 0 Å².